The normalized spacial score (nSPS) is 10.8. The number of carbonyl (C=O) groups is 1. The van der Waals surface area contributed by atoms with Crippen molar-refractivity contribution in [3.05, 3.63) is 23.2 Å². The molecule has 0 unspecified atom stereocenters. The van der Waals surface area contributed by atoms with E-state index < -0.39 is 0 Å². The smallest absolute Gasteiger partial charge is 0.263 e. The van der Waals surface area contributed by atoms with Crippen molar-refractivity contribution >= 4 is 33.1 Å². The van der Waals surface area contributed by atoms with E-state index in [0.717, 1.165) is 10.2 Å². The van der Waals surface area contributed by atoms with Gasteiger partial charge in [-0.3, -0.25) is 4.79 Å². The van der Waals surface area contributed by atoms with E-state index in [9.17, 15) is 4.79 Å². The molecule has 7 heteroatoms. The van der Waals surface area contributed by atoms with Crippen LogP contribution in [-0.4, -0.2) is 42.4 Å². The van der Waals surface area contributed by atoms with Crippen LogP contribution in [0.25, 0.3) is 10.2 Å². The Morgan fingerprint density at radius 2 is 2.37 bits per heavy atom. The number of hydrogen-bond donors (Lipinski definition) is 3. The Morgan fingerprint density at radius 3 is 3.11 bits per heavy atom. The zero-order valence-electron chi connectivity index (χ0n) is 10.3. The molecule has 0 atom stereocenters. The zero-order valence-corrected chi connectivity index (χ0v) is 11.1. The summed E-state index contributed by atoms with van der Waals surface area (Å²) in [6.07, 6.45) is 1.67. The van der Waals surface area contributed by atoms with Gasteiger partial charge in [0, 0.05) is 18.1 Å². The standard InChI is InChI=1S/C12H15N3O3S/c13-9-8-2-1-3-15-12(8)19-10(9)11(17)14-4-6-18-7-5-16/h1-3,16H,4-7,13H2,(H,14,17). The van der Waals surface area contributed by atoms with Gasteiger partial charge in [-0.05, 0) is 12.1 Å². The molecular formula is C12H15N3O3S. The Kier molecular flexibility index (Phi) is 4.67. The molecule has 6 nitrogen and oxygen atoms in total. The molecule has 19 heavy (non-hydrogen) atoms. The lowest BCUT2D eigenvalue weighted by Crippen LogP contribution is -2.27. The van der Waals surface area contributed by atoms with Crippen LogP contribution in [0.2, 0.25) is 0 Å². The SMILES string of the molecule is Nc1c(C(=O)NCCOCCO)sc2ncccc12. The molecule has 0 aliphatic rings. The molecule has 4 N–H and O–H groups in total. The molecule has 0 aliphatic carbocycles. The number of carbonyl (C=O) groups excluding carboxylic acids is 1. The lowest BCUT2D eigenvalue weighted by Gasteiger charge is -2.04. The van der Waals surface area contributed by atoms with Crippen molar-refractivity contribution in [3.63, 3.8) is 0 Å². The fraction of sp³-hybridized carbons (Fsp3) is 0.333. The highest BCUT2D eigenvalue weighted by Gasteiger charge is 2.16. The Balaban J connectivity index is 1.99. The number of anilines is 1. The van der Waals surface area contributed by atoms with Crippen LogP contribution in [0.4, 0.5) is 5.69 Å². The van der Waals surface area contributed by atoms with Gasteiger partial charge < -0.3 is 20.9 Å². The van der Waals surface area contributed by atoms with Gasteiger partial charge in [-0.1, -0.05) is 0 Å². The van der Waals surface area contributed by atoms with Crippen LogP contribution in [0, 0.1) is 0 Å². The highest BCUT2D eigenvalue weighted by Crippen LogP contribution is 2.31. The Bertz CT molecular complexity index is 570. The summed E-state index contributed by atoms with van der Waals surface area (Å²) in [6.45, 7) is 0.975. The van der Waals surface area contributed by atoms with Crippen LogP contribution >= 0.6 is 11.3 Å². The highest BCUT2D eigenvalue weighted by atomic mass is 32.1. The molecule has 2 aromatic rings. The number of aliphatic hydroxyl groups is 1. The van der Waals surface area contributed by atoms with Gasteiger partial charge in [-0.2, -0.15) is 0 Å². The molecule has 0 aliphatic heterocycles. The molecule has 0 fully saturated rings. The van der Waals surface area contributed by atoms with Crippen molar-refractivity contribution < 1.29 is 14.6 Å². The molecule has 0 spiro atoms. The number of aromatic nitrogens is 1. The van der Waals surface area contributed by atoms with Crippen LogP contribution in [0.15, 0.2) is 18.3 Å². The van der Waals surface area contributed by atoms with Gasteiger partial charge in [-0.25, -0.2) is 4.98 Å². The predicted octanol–water partition coefficient (Wildman–Crippen LogP) is 0.617. The summed E-state index contributed by atoms with van der Waals surface area (Å²) in [5.74, 6) is -0.229. The van der Waals surface area contributed by atoms with Crippen molar-refractivity contribution in [2.24, 2.45) is 0 Å². The Labute approximate surface area is 114 Å². The number of hydrogen-bond acceptors (Lipinski definition) is 6. The first kappa shape index (κ1) is 13.7. The average molecular weight is 281 g/mol. The van der Waals surface area contributed by atoms with Gasteiger partial charge in [0.05, 0.1) is 25.5 Å². The van der Waals surface area contributed by atoms with Crippen LogP contribution in [0.1, 0.15) is 9.67 Å². The summed E-state index contributed by atoms with van der Waals surface area (Å²) in [5, 5.41) is 12.1. The summed E-state index contributed by atoms with van der Waals surface area (Å²) in [5.41, 5.74) is 6.40. The number of rotatable bonds is 6. The van der Waals surface area contributed by atoms with E-state index in [1.54, 1.807) is 12.3 Å². The number of nitrogens with zero attached hydrogens (tertiary/aromatic N) is 1. The minimum absolute atomic E-state index is 0.0249. The van der Waals surface area contributed by atoms with Gasteiger partial charge in [0.1, 0.15) is 9.71 Å². The van der Waals surface area contributed by atoms with E-state index in [2.05, 4.69) is 10.3 Å². The lowest BCUT2D eigenvalue weighted by molar-refractivity contribution is 0.0841. The van der Waals surface area contributed by atoms with Crippen LogP contribution in [0.3, 0.4) is 0 Å². The maximum Gasteiger partial charge on any atom is 0.263 e. The van der Waals surface area contributed by atoms with Gasteiger partial charge >= 0.3 is 0 Å². The lowest BCUT2D eigenvalue weighted by atomic mass is 10.2. The van der Waals surface area contributed by atoms with Gasteiger partial charge in [0.2, 0.25) is 0 Å². The summed E-state index contributed by atoms with van der Waals surface area (Å²) in [6, 6.07) is 3.63. The molecule has 2 rings (SSSR count). The largest absolute Gasteiger partial charge is 0.397 e. The first-order valence-electron chi connectivity index (χ1n) is 5.84. The minimum Gasteiger partial charge on any atom is -0.397 e. The predicted molar refractivity (Wildman–Crippen MR) is 74.3 cm³/mol. The monoisotopic (exact) mass is 281 g/mol. The first-order valence-corrected chi connectivity index (χ1v) is 6.65. The van der Waals surface area contributed by atoms with Crippen molar-refractivity contribution in [2.75, 3.05) is 32.1 Å². The number of nitrogen functional groups attached to an aromatic ring is 1. The Morgan fingerprint density at radius 1 is 1.53 bits per heavy atom. The zero-order chi connectivity index (χ0) is 13.7. The fourth-order valence-electron chi connectivity index (χ4n) is 1.60. The molecular weight excluding hydrogens is 266 g/mol. The number of nitrogens with one attached hydrogen (secondary N) is 1. The molecule has 0 saturated heterocycles. The van der Waals surface area contributed by atoms with Crippen LogP contribution in [-0.2, 0) is 4.74 Å². The second-order valence-corrected chi connectivity index (χ2v) is 4.79. The van der Waals surface area contributed by atoms with E-state index in [4.69, 9.17) is 15.6 Å². The second-order valence-electron chi connectivity index (χ2n) is 3.79. The molecule has 2 heterocycles. The molecule has 102 valence electrons. The summed E-state index contributed by atoms with van der Waals surface area (Å²) in [4.78, 5) is 17.3. The highest BCUT2D eigenvalue weighted by molar-refractivity contribution is 7.21. The molecule has 0 bridgehead atoms. The van der Waals surface area contributed by atoms with E-state index in [-0.39, 0.29) is 19.1 Å². The van der Waals surface area contributed by atoms with Crippen LogP contribution in [0.5, 0.6) is 0 Å². The summed E-state index contributed by atoms with van der Waals surface area (Å²) >= 11 is 1.27. The third-order valence-electron chi connectivity index (χ3n) is 2.48. The second kappa shape index (κ2) is 6.46. The van der Waals surface area contributed by atoms with Gasteiger partial charge in [-0.15, -0.1) is 11.3 Å². The number of aliphatic hydroxyl groups excluding tert-OH is 1. The minimum atomic E-state index is -0.229. The topological polar surface area (TPSA) is 97.5 Å². The molecule has 1 amide bonds. The number of pyridine rings is 1. The average Bonchev–Trinajstić information content (AvgIpc) is 2.76. The number of ether oxygens (including phenoxy) is 1. The number of nitrogens with two attached hydrogens (primary N) is 1. The third-order valence-corrected chi connectivity index (χ3v) is 3.61. The molecule has 0 saturated carbocycles. The quantitative estimate of drug-likeness (QED) is 0.674. The van der Waals surface area contributed by atoms with Crippen molar-refractivity contribution in [2.45, 2.75) is 0 Å². The number of amides is 1. The maximum absolute atomic E-state index is 12.0. The van der Waals surface area contributed by atoms with Crippen LogP contribution < -0.4 is 11.1 Å². The first-order chi connectivity index (χ1) is 9.24. The number of fused-ring (bicyclic) bond motifs is 1. The number of thiophene rings is 1. The van der Waals surface area contributed by atoms with E-state index in [0.29, 0.717) is 23.7 Å². The van der Waals surface area contributed by atoms with E-state index >= 15 is 0 Å². The molecule has 0 aromatic carbocycles. The summed E-state index contributed by atoms with van der Waals surface area (Å²) < 4.78 is 5.05. The van der Waals surface area contributed by atoms with Crippen molar-refractivity contribution in [3.8, 4) is 0 Å². The molecule has 2 aromatic heterocycles. The van der Waals surface area contributed by atoms with E-state index in [1.807, 2.05) is 6.07 Å². The molecule has 0 radical (unpaired) electrons. The Hall–Kier alpha value is -1.70. The van der Waals surface area contributed by atoms with Crippen molar-refractivity contribution in [1.29, 1.82) is 0 Å². The van der Waals surface area contributed by atoms with Crippen molar-refractivity contribution in [1.82, 2.24) is 10.3 Å². The van der Waals surface area contributed by atoms with E-state index in [1.165, 1.54) is 11.3 Å². The third kappa shape index (κ3) is 3.19. The fourth-order valence-corrected chi connectivity index (χ4v) is 2.58. The summed E-state index contributed by atoms with van der Waals surface area (Å²) in [7, 11) is 0. The van der Waals surface area contributed by atoms with Gasteiger partial charge in [0.15, 0.2) is 0 Å². The maximum atomic E-state index is 12.0. The van der Waals surface area contributed by atoms with Gasteiger partial charge in [0.25, 0.3) is 5.91 Å².